The van der Waals surface area contributed by atoms with Crippen LogP contribution < -0.4 is 10.1 Å². The highest BCUT2D eigenvalue weighted by molar-refractivity contribution is 5.98. The highest BCUT2D eigenvalue weighted by Crippen LogP contribution is 2.19. The van der Waals surface area contributed by atoms with Crippen LogP contribution in [0.5, 0.6) is 5.75 Å². The maximum atomic E-state index is 12.4. The third-order valence-electron chi connectivity index (χ3n) is 3.92. The number of anilines is 1. The molecule has 2 aromatic carbocycles. The molecular formula is C20H21N3O5. The van der Waals surface area contributed by atoms with Gasteiger partial charge in [0.25, 0.3) is 5.69 Å². The minimum atomic E-state index is -0.511. The van der Waals surface area contributed by atoms with Crippen molar-refractivity contribution >= 4 is 29.3 Å². The number of carbonyl (C=O) groups is 2. The first-order chi connectivity index (χ1) is 13.4. The number of ether oxygens (including phenoxy) is 1. The molecule has 0 heterocycles. The van der Waals surface area contributed by atoms with Gasteiger partial charge in [-0.2, -0.15) is 0 Å². The quantitative estimate of drug-likeness (QED) is 0.429. The van der Waals surface area contributed by atoms with Crippen LogP contribution in [0.1, 0.15) is 12.5 Å². The fraction of sp³-hybridized carbons (Fsp3) is 0.200. The second-order valence-electron chi connectivity index (χ2n) is 5.78. The lowest BCUT2D eigenvalue weighted by Crippen LogP contribution is -2.36. The molecule has 0 unspecified atom stereocenters. The molecule has 28 heavy (non-hydrogen) atoms. The van der Waals surface area contributed by atoms with E-state index in [2.05, 4.69) is 5.32 Å². The van der Waals surface area contributed by atoms with Crippen molar-refractivity contribution in [3.05, 3.63) is 70.3 Å². The lowest BCUT2D eigenvalue weighted by molar-refractivity contribution is -0.385. The number of benzene rings is 2. The summed E-state index contributed by atoms with van der Waals surface area (Å²) in [6.45, 7) is 1.91. The van der Waals surface area contributed by atoms with E-state index in [1.165, 1.54) is 30.2 Å². The van der Waals surface area contributed by atoms with E-state index < -0.39 is 10.8 Å². The molecule has 0 aliphatic heterocycles. The monoisotopic (exact) mass is 383 g/mol. The number of nitro groups is 1. The Kier molecular flexibility index (Phi) is 7.27. The molecule has 0 atom stereocenters. The number of likely N-dealkylation sites (N-methyl/N-ethyl adjacent to an activating group) is 1. The lowest BCUT2D eigenvalue weighted by atomic mass is 10.1. The molecular weight excluding hydrogens is 362 g/mol. The maximum Gasteiger partial charge on any atom is 0.276 e. The van der Waals surface area contributed by atoms with Crippen LogP contribution in [-0.2, 0) is 9.59 Å². The van der Waals surface area contributed by atoms with Gasteiger partial charge in [-0.3, -0.25) is 19.7 Å². The molecule has 0 aliphatic rings. The number of nitrogens with one attached hydrogen (secondary N) is 1. The Morgan fingerprint density at radius 1 is 1.21 bits per heavy atom. The third-order valence-corrected chi connectivity index (χ3v) is 3.92. The molecule has 0 spiro atoms. The summed E-state index contributed by atoms with van der Waals surface area (Å²) >= 11 is 0. The van der Waals surface area contributed by atoms with Crippen LogP contribution in [0.4, 0.5) is 11.4 Å². The van der Waals surface area contributed by atoms with E-state index in [0.29, 0.717) is 23.5 Å². The van der Waals surface area contributed by atoms with Gasteiger partial charge in [0.1, 0.15) is 12.3 Å². The summed E-state index contributed by atoms with van der Waals surface area (Å²) in [5.41, 5.74) is 0.784. The Bertz CT molecular complexity index is 895. The Morgan fingerprint density at radius 3 is 2.64 bits per heavy atom. The van der Waals surface area contributed by atoms with E-state index in [0.717, 1.165) is 0 Å². The molecule has 0 bridgehead atoms. The Morgan fingerprint density at radius 2 is 1.96 bits per heavy atom. The summed E-state index contributed by atoms with van der Waals surface area (Å²) < 4.78 is 5.10. The number of nitrogens with zero attached hydrogens (tertiary/aromatic N) is 2. The van der Waals surface area contributed by atoms with Crippen LogP contribution in [0, 0.1) is 10.1 Å². The maximum absolute atomic E-state index is 12.4. The van der Waals surface area contributed by atoms with Crippen molar-refractivity contribution in [3.8, 4) is 5.75 Å². The summed E-state index contributed by atoms with van der Waals surface area (Å²) in [5.74, 6) is -0.169. The van der Waals surface area contributed by atoms with E-state index in [-0.39, 0.29) is 18.1 Å². The molecule has 0 radical (unpaired) electrons. The predicted molar refractivity (Wildman–Crippen MR) is 106 cm³/mol. The van der Waals surface area contributed by atoms with Crippen molar-refractivity contribution in [2.45, 2.75) is 6.92 Å². The van der Waals surface area contributed by atoms with Crippen molar-refractivity contribution in [1.82, 2.24) is 4.90 Å². The minimum Gasteiger partial charge on any atom is -0.497 e. The summed E-state index contributed by atoms with van der Waals surface area (Å²) in [4.78, 5) is 36.5. The fourth-order valence-corrected chi connectivity index (χ4v) is 2.48. The molecule has 2 amide bonds. The lowest BCUT2D eigenvalue weighted by Gasteiger charge is -2.18. The number of carbonyl (C=O) groups excluding carboxylic acids is 2. The van der Waals surface area contributed by atoms with Gasteiger partial charge in [0.2, 0.25) is 11.8 Å². The van der Waals surface area contributed by atoms with Crippen molar-refractivity contribution < 1.29 is 19.2 Å². The van der Waals surface area contributed by atoms with Crippen LogP contribution >= 0.6 is 0 Å². The van der Waals surface area contributed by atoms with Gasteiger partial charge in [0.05, 0.1) is 17.6 Å². The number of hydrogen-bond acceptors (Lipinski definition) is 5. The van der Waals surface area contributed by atoms with Gasteiger partial charge >= 0.3 is 0 Å². The molecule has 0 saturated carbocycles. The van der Waals surface area contributed by atoms with Crippen LogP contribution in [0.3, 0.4) is 0 Å². The van der Waals surface area contributed by atoms with Gasteiger partial charge < -0.3 is 15.0 Å². The minimum absolute atomic E-state index is 0.0923. The Hall–Kier alpha value is -3.68. The van der Waals surface area contributed by atoms with E-state index in [1.807, 2.05) is 0 Å². The van der Waals surface area contributed by atoms with Gasteiger partial charge in [-0.15, -0.1) is 0 Å². The Labute approximate surface area is 162 Å². The predicted octanol–water partition coefficient (Wildman–Crippen LogP) is 3.10. The number of para-hydroxylation sites is 1. The van der Waals surface area contributed by atoms with Crippen LogP contribution in [0.25, 0.3) is 6.08 Å². The largest absolute Gasteiger partial charge is 0.497 e. The highest BCUT2D eigenvalue weighted by Gasteiger charge is 2.15. The normalized spacial score (nSPS) is 10.5. The number of amides is 2. The second-order valence-corrected chi connectivity index (χ2v) is 5.78. The topological polar surface area (TPSA) is 102 Å². The van der Waals surface area contributed by atoms with Crippen molar-refractivity contribution in [2.75, 3.05) is 25.5 Å². The van der Waals surface area contributed by atoms with E-state index in [9.17, 15) is 19.7 Å². The Balaban J connectivity index is 2.03. The van der Waals surface area contributed by atoms with Crippen molar-refractivity contribution in [2.24, 2.45) is 0 Å². The van der Waals surface area contributed by atoms with Gasteiger partial charge in [-0.05, 0) is 31.2 Å². The van der Waals surface area contributed by atoms with E-state index in [4.69, 9.17) is 4.74 Å². The third kappa shape index (κ3) is 5.66. The average molecular weight is 383 g/mol. The van der Waals surface area contributed by atoms with Gasteiger partial charge in [0, 0.05) is 30.4 Å². The number of rotatable bonds is 8. The smallest absolute Gasteiger partial charge is 0.276 e. The SMILES string of the molecule is CCN(CC(=O)Nc1cccc(OC)c1)C(=O)/C=C/c1ccccc1[N+](=O)[O-]. The summed E-state index contributed by atoms with van der Waals surface area (Å²) in [6.07, 6.45) is 2.60. The first-order valence-corrected chi connectivity index (χ1v) is 8.59. The molecule has 1 N–H and O–H groups in total. The molecule has 146 valence electrons. The zero-order chi connectivity index (χ0) is 20.5. The zero-order valence-corrected chi connectivity index (χ0v) is 15.6. The van der Waals surface area contributed by atoms with Crippen molar-refractivity contribution in [3.63, 3.8) is 0 Å². The summed E-state index contributed by atoms with van der Waals surface area (Å²) in [5, 5.41) is 13.7. The molecule has 2 aromatic rings. The first-order valence-electron chi connectivity index (χ1n) is 8.59. The van der Waals surface area contributed by atoms with Gasteiger partial charge in [-0.25, -0.2) is 0 Å². The van der Waals surface area contributed by atoms with E-state index >= 15 is 0 Å². The number of methoxy groups -OCH3 is 1. The average Bonchev–Trinajstić information content (AvgIpc) is 2.70. The molecule has 8 heteroatoms. The second kappa shape index (κ2) is 9.86. The first kappa shape index (κ1) is 20.6. The molecule has 2 rings (SSSR count). The molecule has 8 nitrogen and oxygen atoms in total. The summed E-state index contributed by atoms with van der Waals surface area (Å²) in [6, 6.07) is 13.0. The number of hydrogen-bond donors (Lipinski definition) is 1. The number of nitro benzene ring substituents is 1. The summed E-state index contributed by atoms with van der Waals surface area (Å²) in [7, 11) is 1.53. The van der Waals surface area contributed by atoms with E-state index in [1.54, 1.807) is 49.4 Å². The molecule has 0 fully saturated rings. The molecule has 0 saturated heterocycles. The molecule has 0 aliphatic carbocycles. The molecule has 0 aromatic heterocycles. The van der Waals surface area contributed by atoms with Crippen LogP contribution in [0.2, 0.25) is 0 Å². The van der Waals surface area contributed by atoms with Gasteiger partial charge in [-0.1, -0.05) is 18.2 Å². The van der Waals surface area contributed by atoms with Crippen LogP contribution in [0.15, 0.2) is 54.6 Å². The van der Waals surface area contributed by atoms with Gasteiger partial charge in [0.15, 0.2) is 0 Å². The highest BCUT2D eigenvalue weighted by atomic mass is 16.6. The van der Waals surface area contributed by atoms with Crippen LogP contribution in [-0.4, -0.2) is 41.8 Å². The van der Waals surface area contributed by atoms with Crippen molar-refractivity contribution in [1.29, 1.82) is 0 Å². The fourth-order valence-electron chi connectivity index (χ4n) is 2.48. The zero-order valence-electron chi connectivity index (χ0n) is 15.6. The standard InChI is InChI=1S/C20H21N3O5/c1-3-22(14-19(24)21-16-8-6-9-17(13-16)28-2)20(25)12-11-15-7-4-5-10-18(15)23(26)27/h4-13H,3,14H2,1-2H3,(H,21,24)/b12-11+.